The molecule has 1 heterocycles. The maximum absolute atomic E-state index is 10.6. The SMILES string of the molecule is COCC(CO)Nc1cncc(C(=O)O)n1. The Kier molecular flexibility index (Phi) is 4.62. The molecule has 0 saturated carbocycles. The molecule has 0 aromatic carbocycles. The van der Waals surface area contributed by atoms with Crippen molar-refractivity contribution >= 4 is 11.8 Å². The molecule has 1 rings (SSSR count). The van der Waals surface area contributed by atoms with Crippen molar-refractivity contribution in [2.45, 2.75) is 6.04 Å². The monoisotopic (exact) mass is 227 g/mol. The number of hydrogen-bond donors (Lipinski definition) is 3. The first kappa shape index (κ1) is 12.3. The van der Waals surface area contributed by atoms with Gasteiger partial charge in [0.2, 0.25) is 0 Å². The predicted octanol–water partition coefficient (Wildman–Crippen LogP) is -0.406. The minimum Gasteiger partial charge on any atom is -0.476 e. The summed E-state index contributed by atoms with van der Waals surface area (Å²) in [5.74, 6) is -0.862. The Balaban J connectivity index is 2.72. The number of carboxylic acids is 1. The molecule has 3 N–H and O–H groups in total. The minimum atomic E-state index is -1.15. The van der Waals surface area contributed by atoms with E-state index in [1.807, 2.05) is 0 Å². The lowest BCUT2D eigenvalue weighted by Crippen LogP contribution is -2.29. The average Bonchev–Trinajstić information content (AvgIpc) is 2.29. The Labute approximate surface area is 92.1 Å². The maximum atomic E-state index is 10.6. The molecule has 0 bridgehead atoms. The number of carbonyl (C=O) groups is 1. The van der Waals surface area contributed by atoms with Gasteiger partial charge in [-0.3, -0.25) is 4.98 Å². The summed E-state index contributed by atoms with van der Waals surface area (Å²) in [6.07, 6.45) is 2.53. The highest BCUT2D eigenvalue weighted by Crippen LogP contribution is 2.04. The molecular weight excluding hydrogens is 214 g/mol. The van der Waals surface area contributed by atoms with Crippen molar-refractivity contribution in [1.82, 2.24) is 9.97 Å². The Morgan fingerprint density at radius 2 is 2.38 bits per heavy atom. The van der Waals surface area contributed by atoms with E-state index in [9.17, 15) is 4.79 Å². The molecule has 1 aromatic heterocycles. The molecule has 0 spiro atoms. The van der Waals surface area contributed by atoms with Crippen molar-refractivity contribution in [2.24, 2.45) is 0 Å². The third kappa shape index (κ3) is 3.44. The Bertz CT molecular complexity index is 358. The zero-order chi connectivity index (χ0) is 12.0. The van der Waals surface area contributed by atoms with Gasteiger partial charge in [-0.05, 0) is 0 Å². The zero-order valence-electron chi connectivity index (χ0n) is 8.75. The van der Waals surface area contributed by atoms with Crippen molar-refractivity contribution in [1.29, 1.82) is 0 Å². The molecular formula is C9H13N3O4. The van der Waals surface area contributed by atoms with E-state index in [0.29, 0.717) is 0 Å². The first-order chi connectivity index (χ1) is 7.67. The summed E-state index contributed by atoms with van der Waals surface area (Å²) in [7, 11) is 1.50. The normalized spacial score (nSPS) is 12.1. The van der Waals surface area contributed by atoms with Crippen molar-refractivity contribution in [2.75, 3.05) is 25.6 Å². The first-order valence-electron chi connectivity index (χ1n) is 4.59. The highest BCUT2D eigenvalue weighted by molar-refractivity contribution is 5.85. The lowest BCUT2D eigenvalue weighted by molar-refractivity contribution is 0.0690. The number of aromatic carboxylic acids is 1. The Morgan fingerprint density at radius 3 is 2.94 bits per heavy atom. The van der Waals surface area contributed by atoms with Crippen LogP contribution in [-0.2, 0) is 4.74 Å². The van der Waals surface area contributed by atoms with Gasteiger partial charge in [0.05, 0.1) is 31.6 Å². The number of rotatable bonds is 6. The van der Waals surface area contributed by atoms with Crippen molar-refractivity contribution < 1.29 is 19.7 Å². The van der Waals surface area contributed by atoms with Gasteiger partial charge < -0.3 is 20.3 Å². The smallest absolute Gasteiger partial charge is 0.356 e. The van der Waals surface area contributed by atoms with Crippen molar-refractivity contribution in [3.63, 3.8) is 0 Å². The standard InChI is InChI=1S/C9H13N3O4/c1-16-5-6(4-13)11-8-3-10-2-7(12-8)9(14)15/h2-3,6,13H,4-5H2,1H3,(H,11,12)(H,14,15). The number of carboxylic acid groups (broad SMARTS) is 1. The molecule has 7 nitrogen and oxygen atoms in total. The van der Waals surface area contributed by atoms with Crippen LogP contribution in [0.4, 0.5) is 5.82 Å². The van der Waals surface area contributed by atoms with E-state index in [1.54, 1.807) is 0 Å². The highest BCUT2D eigenvalue weighted by Gasteiger charge is 2.10. The quantitative estimate of drug-likeness (QED) is 0.607. The average molecular weight is 227 g/mol. The summed E-state index contributed by atoms with van der Waals surface area (Å²) >= 11 is 0. The second kappa shape index (κ2) is 5.99. The van der Waals surface area contributed by atoms with E-state index < -0.39 is 5.97 Å². The fourth-order valence-corrected chi connectivity index (χ4v) is 1.09. The van der Waals surface area contributed by atoms with Crippen LogP contribution in [-0.4, -0.2) is 52.5 Å². The largest absolute Gasteiger partial charge is 0.476 e. The highest BCUT2D eigenvalue weighted by atomic mass is 16.5. The minimum absolute atomic E-state index is 0.146. The van der Waals surface area contributed by atoms with Crippen LogP contribution in [0.25, 0.3) is 0 Å². The molecule has 16 heavy (non-hydrogen) atoms. The molecule has 0 aliphatic carbocycles. The molecule has 88 valence electrons. The van der Waals surface area contributed by atoms with E-state index in [1.165, 1.54) is 13.3 Å². The molecule has 0 fully saturated rings. The maximum Gasteiger partial charge on any atom is 0.356 e. The molecule has 1 unspecified atom stereocenters. The fraction of sp³-hybridized carbons (Fsp3) is 0.444. The lowest BCUT2D eigenvalue weighted by Gasteiger charge is -2.15. The Hall–Kier alpha value is -1.73. The van der Waals surface area contributed by atoms with Gasteiger partial charge in [-0.2, -0.15) is 0 Å². The fourth-order valence-electron chi connectivity index (χ4n) is 1.09. The topological polar surface area (TPSA) is 105 Å². The third-order valence-electron chi connectivity index (χ3n) is 1.79. The molecule has 1 aromatic rings. The second-order valence-corrected chi connectivity index (χ2v) is 3.07. The molecule has 0 aliphatic rings. The number of methoxy groups -OCH3 is 1. The van der Waals surface area contributed by atoms with Crippen LogP contribution in [0, 0.1) is 0 Å². The van der Waals surface area contributed by atoms with Crippen molar-refractivity contribution in [3.8, 4) is 0 Å². The number of aromatic nitrogens is 2. The van der Waals surface area contributed by atoms with Gasteiger partial charge in [-0.1, -0.05) is 0 Å². The van der Waals surface area contributed by atoms with E-state index in [0.717, 1.165) is 6.20 Å². The third-order valence-corrected chi connectivity index (χ3v) is 1.79. The number of ether oxygens (including phenoxy) is 1. The zero-order valence-corrected chi connectivity index (χ0v) is 8.75. The summed E-state index contributed by atoms with van der Waals surface area (Å²) in [4.78, 5) is 18.2. The van der Waals surface area contributed by atoms with Crippen LogP contribution in [0.2, 0.25) is 0 Å². The summed E-state index contributed by atoms with van der Waals surface area (Å²) < 4.78 is 4.86. The van der Waals surface area contributed by atoms with Crippen LogP contribution in [0.3, 0.4) is 0 Å². The van der Waals surface area contributed by atoms with Gasteiger partial charge in [0.25, 0.3) is 0 Å². The van der Waals surface area contributed by atoms with Gasteiger partial charge >= 0.3 is 5.97 Å². The first-order valence-corrected chi connectivity index (χ1v) is 4.59. The molecule has 0 aliphatic heterocycles. The number of hydrogen-bond acceptors (Lipinski definition) is 6. The number of nitrogens with one attached hydrogen (secondary N) is 1. The second-order valence-electron chi connectivity index (χ2n) is 3.07. The van der Waals surface area contributed by atoms with Crippen LogP contribution in [0.15, 0.2) is 12.4 Å². The van der Waals surface area contributed by atoms with Crippen LogP contribution in [0.5, 0.6) is 0 Å². The molecule has 0 amide bonds. The Morgan fingerprint density at radius 1 is 1.62 bits per heavy atom. The predicted molar refractivity (Wildman–Crippen MR) is 55.4 cm³/mol. The van der Waals surface area contributed by atoms with Crippen LogP contribution < -0.4 is 5.32 Å². The van der Waals surface area contributed by atoms with Gasteiger partial charge in [0, 0.05) is 7.11 Å². The van der Waals surface area contributed by atoms with Gasteiger partial charge in [0.15, 0.2) is 5.69 Å². The van der Waals surface area contributed by atoms with Crippen LogP contribution >= 0.6 is 0 Å². The van der Waals surface area contributed by atoms with Crippen LogP contribution in [0.1, 0.15) is 10.5 Å². The molecule has 1 atom stereocenters. The van der Waals surface area contributed by atoms with E-state index in [2.05, 4.69) is 15.3 Å². The summed E-state index contributed by atoms with van der Waals surface area (Å²) in [5, 5.41) is 20.5. The summed E-state index contributed by atoms with van der Waals surface area (Å²) in [6.45, 7) is 0.141. The molecule has 0 saturated heterocycles. The number of anilines is 1. The van der Waals surface area contributed by atoms with Gasteiger partial charge in [0.1, 0.15) is 5.82 Å². The van der Waals surface area contributed by atoms with Gasteiger partial charge in [-0.25, -0.2) is 9.78 Å². The molecule has 7 heteroatoms. The number of aliphatic hydroxyl groups is 1. The summed E-state index contributed by atoms with van der Waals surface area (Å²) in [6, 6.07) is -0.344. The van der Waals surface area contributed by atoms with Crippen molar-refractivity contribution in [3.05, 3.63) is 18.1 Å². The van der Waals surface area contributed by atoms with Gasteiger partial charge in [-0.15, -0.1) is 0 Å². The number of nitrogens with zero attached hydrogens (tertiary/aromatic N) is 2. The van der Waals surface area contributed by atoms with E-state index in [4.69, 9.17) is 14.9 Å². The summed E-state index contributed by atoms with van der Waals surface area (Å²) in [5.41, 5.74) is -0.154. The number of aliphatic hydroxyl groups excluding tert-OH is 1. The van der Waals surface area contributed by atoms with E-state index >= 15 is 0 Å². The lowest BCUT2D eigenvalue weighted by atomic mass is 10.3. The van der Waals surface area contributed by atoms with E-state index in [-0.39, 0.29) is 30.8 Å². The molecule has 0 radical (unpaired) electrons.